The van der Waals surface area contributed by atoms with Crippen LogP contribution in [0.3, 0.4) is 0 Å². The number of nitrogens with zero attached hydrogens (tertiary/aromatic N) is 3. The van der Waals surface area contributed by atoms with Gasteiger partial charge in [-0.1, -0.05) is 17.3 Å². The first-order chi connectivity index (χ1) is 14.3. The Morgan fingerprint density at radius 3 is 2.37 bits per heavy atom. The second-order valence-electron chi connectivity index (χ2n) is 6.14. The Labute approximate surface area is 168 Å². The summed E-state index contributed by atoms with van der Waals surface area (Å²) in [4.78, 5) is 26.1. The quantitative estimate of drug-likeness (QED) is 0.437. The molecule has 0 spiro atoms. The van der Waals surface area contributed by atoms with Gasteiger partial charge in [0.25, 0.3) is 15.6 Å². The topological polar surface area (TPSA) is 143 Å². The second kappa shape index (κ2) is 7.40. The van der Waals surface area contributed by atoms with Gasteiger partial charge in [-0.25, -0.2) is 22.3 Å². The number of anilines is 1. The van der Waals surface area contributed by atoms with Gasteiger partial charge in [-0.15, -0.1) is 5.10 Å². The summed E-state index contributed by atoms with van der Waals surface area (Å²) in [5.41, 5.74) is 0.178. The molecule has 0 aliphatic heterocycles. The van der Waals surface area contributed by atoms with Crippen LogP contribution < -0.4 is 16.0 Å². The molecular formula is C18H13FN6O4S. The lowest BCUT2D eigenvalue weighted by Gasteiger charge is -2.07. The Morgan fingerprint density at radius 2 is 1.70 bits per heavy atom. The van der Waals surface area contributed by atoms with E-state index in [0.717, 1.165) is 6.20 Å². The Bertz CT molecular complexity index is 1420. The first-order valence-corrected chi connectivity index (χ1v) is 9.94. The van der Waals surface area contributed by atoms with Gasteiger partial charge >= 0.3 is 5.69 Å². The molecule has 4 aromatic rings. The van der Waals surface area contributed by atoms with Crippen LogP contribution in [0.15, 0.2) is 75.4 Å². The van der Waals surface area contributed by atoms with Crippen molar-refractivity contribution in [2.75, 3.05) is 4.72 Å². The van der Waals surface area contributed by atoms with Crippen molar-refractivity contribution in [1.82, 2.24) is 25.0 Å². The lowest BCUT2D eigenvalue weighted by Crippen LogP contribution is -2.29. The fourth-order valence-electron chi connectivity index (χ4n) is 2.63. The van der Waals surface area contributed by atoms with Crippen LogP contribution in [-0.2, 0) is 10.0 Å². The molecule has 0 aliphatic rings. The standard InChI is InChI=1S/C18H13FN6O4S/c19-12-3-7-14(8-4-12)25-10-15(22-24-25)11-1-5-13(6-2-11)23-30(28,29)16-9-20-18(27)21-17(16)26/h1-10,23H,(H2,20,21,26,27). The molecular weight excluding hydrogens is 415 g/mol. The molecule has 0 bridgehead atoms. The van der Waals surface area contributed by atoms with Crippen molar-refractivity contribution in [3.63, 3.8) is 0 Å². The number of halogens is 1. The maximum absolute atomic E-state index is 13.0. The molecule has 12 heteroatoms. The molecule has 10 nitrogen and oxygen atoms in total. The molecule has 0 saturated carbocycles. The molecule has 0 unspecified atom stereocenters. The third kappa shape index (κ3) is 3.89. The van der Waals surface area contributed by atoms with E-state index in [9.17, 15) is 22.4 Å². The minimum Gasteiger partial charge on any atom is -0.313 e. The number of aromatic amines is 2. The third-order valence-electron chi connectivity index (χ3n) is 4.09. The monoisotopic (exact) mass is 428 g/mol. The van der Waals surface area contributed by atoms with E-state index < -0.39 is 26.2 Å². The van der Waals surface area contributed by atoms with Gasteiger partial charge in [0.2, 0.25) is 0 Å². The summed E-state index contributed by atoms with van der Waals surface area (Å²) in [6, 6.07) is 12.0. The summed E-state index contributed by atoms with van der Waals surface area (Å²) in [5.74, 6) is -0.360. The molecule has 0 saturated heterocycles. The minimum atomic E-state index is -4.20. The Hall–Kier alpha value is -4.06. The van der Waals surface area contributed by atoms with Crippen LogP contribution in [0, 0.1) is 5.82 Å². The number of benzene rings is 2. The average molecular weight is 428 g/mol. The molecule has 0 fully saturated rings. The van der Waals surface area contributed by atoms with Crippen LogP contribution >= 0.6 is 0 Å². The summed E-state index contributed by atoms with van der Waals surface area (Å²) in [7, 11) is -4.20. The molecule has 0 radical (unpaired) electrons. The zero-order valence-electron chi connectivity index (χ0n) is 15.0. The first-order valence-electron chi connectivity index (χ1n) is 8.45. The van der Waals surface area contributed by atoms with Crippen LogP contribution in [0.4, 0.5) is 10.1 Å². The zero-order chi connectivity index (χ0) is 21.3. The van der Waals surface area contributed by atoms with Crippen LogP contribution in [0.1, 0.15) is 0 Å². The van der Waals surface area contributed by atoms with E-state index in [1.54, 1.807) is 30.5 Å². The van der Waals surface area contributed by atoms with Crippen LogP contribution in [0.2, 0.25) is 0 Å². The molecule has 30 heavy (non-hydrogen) atoms. The maximum Gasteiger partial charge on any atom is 0.325 e. The highest BCUT2D eigenvalue weighted by Crippen LogP contribution is 2.21. The highest BCUT2D eigenvalue weighted by atomic mass is 32.2. The van der Waals surface area contributed by atoms with Crippen molar-refractivity contribution in [1.29, 1.82) is 0 Å². The Morgan fingerprint density at radius 1 is 1.00 bits per heavy atom. The molecule has 2 aromatic carbocycles. The van der Waals surface area contributed by atoms with Crippen LogP contribution in [0.25, 0.3) is 16.9 Å². The van der Waals surface area contributed by atoms with Crippen molar-refractivity contribution in [3.05, 3.63) is 87.6 Å². The van der Waals surface area contributed by atoms with E-state index in [-0.39, 0.29) is 11.5 Å². The summed E-state index contributed by atoms with van der Waals surface area (Å²) >= 11 is 0. The van der Waals surface area contributed by atoms with E-state index >= 15 is 0 Å². The SMILES string of the molecule is O=c1[nH]cc(S(=O)(=O)Nc2ccc(-c3cn(-c4ccc(F)cc4)nn3)cc2)c(=O)[nH]1. The first kappa shape index (κ1) is 19.3. The van der Waals surface area contributed by atoms with Gasteiger partial charge in [0.1, 0.15) is 11.5 Å². The Kier molecular flexibility index (Phi) is 4.75. The summed E-state index contributed by atoms with van der Waals surface area (Å²) in [6.45, 7) is 0. The molecule has 2 aromatic heterocycles. The number of hydrogen-bond donors (Lipinski definition) is 3. The predicted molar refractivity (Wildman–Crippen MR) is 105 cm³/mol. The van der Waals surface area contributed by atoms with Crippen molar-refractivity contribution in [2.45, 2.75) is 4.90 Å². The minimum absolute atomic E-state index is 0.204. The molecule has 3 N–H and O–H groups in total. The van der Waals surface area contributed by atoms with Crippen molar-refractivity contribution in [3.8, 4) is 16.9 Å². The van der Waals surface area contributed by atoms with Crippen LogP contribution in [-0.4, -0.2) is 33.4 Å². The average Bonchev–Trinajstić information content (AvgIpc) is 3.18. The summed E-state index contributed by atoms with van der Waals surface area (Å²) < 4.78 is 41.5. The number of rotatable bonds is 5. The lowest BCUT2D eigenvalue weighted by molar-refractivity contribution is 0.599. The maximum atomic E-state index is 13.0. The van der Waals surface area contributed by atoms with E-state index in [1.807, 2.05) is 4.98 Å². The smallest absolute Gasteiger partial charge is 0.313 e. The van der Waals surface area contributed by atoms with Crippen molar-refractivity contribution >= 4 is 15.7 Å². The fourth-order valence-corrected chi connectivity index (χ4v) is 3.70. The number of H-pyrrole nitrogens is 2. The van der Waals surface area contributed by atoms with E-state index in [2.05, 4.69) is 20.0 Å². The van der Waals surface area contributed by atoms with Gasteiger partial charge in [0.05, 0.1) is 11.9 Å². The molecule has 0 aliphatic carbocycles. The highest BCUT2D eigenvalue weighted by Gasteiger charge is 2.19. The zero-order valence-corrected chi connectivity index (χ0v) is 15.9. The van der Waals surface area contributed by atoms with Gasteiger partial charge in [-0.05, 0) is 36.4 Å². The van der Waals surface area contributed by atoms with Gasteiger partial charge in [0.15, 0.2) is 4.90 Å². The summed E-state index contributed by atoms with van der Waals surface area (Å²) in [5, 5.41) is 8.05. The van der Waals surface area contributed by atoms with Gasteiger partial charge in [-0.2, -0.15) is 0 Å². The lowest BCUT2D eigenvalue weighted by atomic mass is 10.1. The van der Waals surface area contributed by atoms with Gasteiger partial charge in [-0.3, -0.25) is 14.5 Å². The second-order valence-corrected chi connectivity index (χ2v) is 7.79. The number of hydrogen-bond acceptors (Lipinski definition) is 6. The molecule has 152 valence electrons. The number of aromatic nitrogens is 5. The Balaban J connectivity index is 1.55. The van der Waals surface area contributed by atoms with E-state index in [0.29, 0.717) is 16.9 Å². The molecule has 2 heterocycles. The third-order valence-corrected chi connectivity index (χ3v) is 5.48. The molecule has 0 amide bonds. The van der Waals surface area contributed by atoms with Crippen molar-refractivity contribution in [2.24, 2.45) is 0 Å². The normalized spacial score (nSPS) is 11.4. The summed E-state index contributed by atoms with van der Waals surface area (Å²) in [6.07, 6.45) is 2.47. The molecule has 4 rings (SSSR count). The number of sulfonamides is 1. The van der Waals surface area contributed by atoms with E-state index in [1.165, 1.54) is 28.9 Å². The number of nitrogens with one attached hydrogen (secondary N) is 3. The fraction of sp³-hybridized carbons (Fsp3) is 0. The van der Waals surface area contributed by atoms with E-state index in [4.69, 9.17) is 0 Å². The van der Waals surface area contributed by atoms with Gasteiger partial charge < -0.3 is 4.98 Å². The van der Waals surface area contributed by atoms with Crippen molar-refractivity contribution < 1.29 is 12.8 Å². The predicted octanol–water partition coefficient (Wildman–Crippen LogP) is 1.25. The highest BCUT2D eigenvalue weighted by molar-refractivity contribution is 7.92. The largest absolute Gasteiger partial charge is 0.325 e. The van der Waals surface area contributed by atoms with Crippen LogP contribution in [0.5, 0.6) is 0 Å². The van der Waals surface area contributed by atoms with Gasteiger partial charge in [0, 0.05) is 17.4 Å². The molecule has 0 atom stereocenters.